The fourth-order valence-corrected chi connectivity index (χ4v) is 3.80. The number of hydrogen-bond donors (Lipinski definition) is 0. The van der Waals surface area contributed by atoms with Gasteiger partial charge in [0, 0.05) is 12.3 Å². The normalized spacial score (nSPS) is 36.2. The molecule has 22 heavy (non-hydrogen) atoms. The van der Waals surface area contributed by atoms with Gasteiger partial charge in [-0.05, 0) is 42.7 Å². The summed E-state index contributed by atoms with van der Waals surface area (Å²) in [4.78, 5) is 0. The number of halogens is 3. The molecule has 0 aromatic heterocycles. The Labute approximate surface area is 130 Å². The molecule has 3 rings (SSSR count). The molecule has 120 valence electrons. The summed E-state index contributed by atoms with van der Waals surface area (Å²) in [5.74, 6) is -0.829. The lowest BCUT2D eigenvalue weighted by molar-refractivity contribution is 0.299. The monoisotopic (exact) mass is 308 g/mol. The summed E-state index contributed by atoms with van der Waals surface area (Å²) in [5.41, 5.74) is 2.04. The van der Waals surface area contributed by atoms with Gasteiger partial charge in [0.1, 0.15) is 0 Å². The van der Waals surface area contributed by atoms with Crippen LogP contribution in [0.5, 0.6) is 0 Å². The highest BCUT2D eigenvalue weighted by molar-refractivity contribution is 5.36. The van der Waals surface area contributed by atoms with E-state index in [2.05, 4.69) is 19.1 Å². The Morgan fingerprint density at radius 1 is 1.09 bits per heavy atom. The van der Waals surface area contributed by atoms with Crippen LogP contribution in [0, 0.1) is 17.8 Å². The third-order valence-corrected chi connectivity index (χ3v) is 5.32. The summed E-state index contributed by atoms with van der Waals surface area (Å²) < 4.78 is 40.0. The maximum atomic E-state index is 13.5. The van der Waals surface area contributed by atoms with Crippen molar-refractivity contribution in [1.29, 1.82) is 0 Å². The molecule has 0 bridgehead atoms. The summed E-state index contributed by atoms with van der Waals surface area (Å²) in [6, 6.07) is 0. The van der Waals surface area contributed by atoms with Crippen LogP contribution in [0.25, 0.3) is 0 Å². The first-order chi connectivity index (χ1) is 10.5. The first-order valence-electron chi connectivity index (χ1n) is 8.32. The molecule has 0 aromatic rings. The van der Waals surface area contributed by atoms with Crippen molar-refractivity contribution in [1.82, 2.24) is 0 Å². The van der Waals surface area contributed by atoms with Gasteiger partial charge in [0.15, 0.2) is 17.8 Å². The highest BCUT2D eigenvalue weighted by Gasteiger charge is 2.28. The predicted octanol–water partition coefficient (Wildman–Crippen LogP) is 6.13. The molecule has 0 spiro atoms. The van der Waals surface area contributed by atoms with Gasteiger partial charge in [-0.15, -0.1) is 0 Å². The lowest BCUT2D eigenvalue weighted by Crippen LogP contribution is -2.17. The number of alkyl halides is 1. The van der Waals surface area contributed by atoms with Crippen LogP contribution in [-0.4, -0.2) is 6.17 Å². The SMILES string of the molecule is CC1CCC(C2=CCC(C3=CC(F)=C(F)C(F)C3)C=C2)CC1. The Hall–Kier alpha value is -1.25. The zero-order valence-electron chi connectivity index (χ0n) is 13.0. The maximum Gasteiger partial charge on any atom is 0.170 e. The molecule has 0 aliphatic heterocycles. The summed E-state index contributed by atoms with van der Waals surface area (Å²) in [5, 5.41) is 0. The van der Waals surface area contributed by atoms with Gasteiger partial charge in [-0.3, -0.25) is 0 Å². The Bertz CT molecular complexity index is 545. The van der Waals surface area contributed by atoms with Gasteiger partial charge < -0.3 is 0 Å². The maximum absolute atomic E-state index is 13.5. The van der Waals surface area contributed by atoms with E-state index in [1.165, 1.54) is 37.3 Å². The van der Waals surface area contributed by atoms with Crippen molar-refractivity contribution in [2.75, 3.05) is 0 Å². The first kappa shape index (κ1) is 15.6. The van der Waals surface area contributed by atoms with Crippen LogP contribution in [0.3, 0.4) is 0 Å². The lowest BCUT2D eigenvalue weighted by Gasteiger charge is -2.30. The molecule has 1 fully saturated rings. The van der Waals surface area contributed by atoms with Crippen LogP contribution in [-0.2, 0) is 0 Å². The highest BCUT2D eigenvalue weighted by Crippen LogP contribution is 2.39. The van der Waals surface area contributed by atoms with E-state index < -0.39 is 17.8 Å². The fraction of sp³-hybridized carbons (Fsp3) is 0.579. The van der Waals surface area contributed by atoms with Crippen molar-refractivity contribution in [3.63, 3.8) is 0 Å². The third kappa shape index (κ3) is 3.23. The summed E-state index contributed by atoms with van der Waals surface area (Å²) >= 11 is 0. The molecule has 3 aliphatic carbocycles. The van der Waals surface area contributed by atoms with Crippen LogP contribution >= 0.6 is 0 Å². The predicted molar refractivity (Wildman–Crippen MR) is 83.3 cm³/mol. The van der Waals surface area contributed by atoms with E-state index >= 15 is 0 Å². The van der Waals surface area contributed by atoms with Crippen LogP contribution in [0.15, 0.2) is 47.1 Å². The molecule has 0 heterocycles. The Morgan fingerprint density at radius 2 is 1.82 bits per heavy atom. The van der Waals surface area contributed by atoms with Gasteiger partial charge in [0.25, 0.3) is 0 Å². The Morgan fingerprint density at radius 3 is 2.41 bits per heavy atom. The zero-order valence-corrected chi connectivity index (χ0v) is 13.0. The summed E-state index contributed by atoms with van der Waals surface area (Å²) in [7, 11) is 0. The molecule has 0 nitrogen and oxygen atoms in total. The lowest BCUT2D eigenvalue weighted by atomic mass is 9.76. The second-order valence-electron chi connectivity index (χ2n) is 6.95. The van der Waals surface area contributed by atoms with Gasteiger partial charge in [-0.25, -0.2) is 13.2 Å². The Balaban J connectivity index is 1.65. The van der Waals surface area contributed by atoms with Gasteiger partial charge in [-0.2, -0.15) is 0 Å². The molecule has 0 N–H and O–H groups in total. The van der Waals surface area contributed by atoms with Gasteiger partial charge in [0.05, 0.1) is 0 Å². The molecule has 3 aliphatic rings. The fourth-order valence-electron chi connectivity index (χ4n) is 3.80. The van der Waals surface area contributed by atoms with E-state index in [-0.39, 0.29) is 12.3 Å². The molecule has 0 aromatic carbocycles. The van der Waals surface area contributed by atoms with E-state index in [1.54, 1.807) is 0 Å². The minimum absolute atomic E-state index is 0.00311. The topological polar surface area (TPSA) is 0 Å². The number of allylic oxidation sites excluding steroid dienone is 8. The minimum Gasteiger partial charge on any atom is -0.239 e. The molecular weight excluding hydrogens is 285 g/mol. The average Bonchev–Trinajstić information content (AvgIpc) is 2.53. The molecule has 2 atom stereocenters. The standard InChI is InChI=1S/C19H23F3/c1-12-2-4-13(5-3-12)14-6-8-15(9-7-14)16-10-17(20)19(22)18(21)11-16/h6-8,10,12-13,15,18H,2-5,9,11H2,1H3. The summed E-state index contributed by atoms with van der Waals surface area (Å²) in [6.07, 6.45) is 11.5. The first-order valence-corrected chi connectivity index (χ1v) is 8.32. The van der Waals surface area contributed by atoms with Crippen LogP contribution < -0.4 is 0 Å². The van der Waals surface area contributed by atoms with E-state index in [0.29, 0.717) is 11.5 Å². The van der Waals surface area contributed by atoms with Crippen molar-refractivity contribution >= 4 is 0 Å². The van der Waals surface area contributed by atoms with Crippen molar-refractivity contribution in [3.05, 3.63) is 47.1 Å². The number of rotatable bonds is 2. The largest absolute Gasteiger partial charge is 0.239 e. The third-order valence-electron chi connectivity index (χ3n) is 5.32. The summed E-state index contributed by atoms with van der Waals surface area (Å²) in [6.45, 7) is 2.31. The van der Waals surface area contributed by atoms with Gasteiger partial charge >= 0.3 is 0 Å². The van der Waals surface area contributed by atoms with Gasteiger partial charge in [0.2, 0.25) is 0 Å². The molecule has 0 amide bonds. The number of hydrogen-bond acceptors (Lipinski definition) is 0. The molecular formula is C19H23F3. The smallest absolute Gasteiger partial charge is 0.170 e. The zero-order chi connectivity index (χ0) is 15.7. The second kappa shape index (κ2) is 6.47. The van der Waals surface area contributed by atoms with Crippen molar-refractivity contribution in [2.45, 2.75) is 51.6 Å². The molecule has 3 heteroatoms. The van der Waals surface area contributed by atoms with Gasteiger partial charge in [-0.1, -0.05) is 43.6 Å². The minimum atomic E-state index is -1.82. The van der Waals surface area contributed by atoms with E-state index in [1.807, 2.05) is 6.08 Å². The highest BCUT2D eigenvalue weighted by atomic mass is 19.2. The van der Waals surface area contributed by atoms with Crippen molar-refractivity contribution in [2.24, 2.45) is 17.8 Å². The molecule has 2 unspecified atom stereocenters. The molecule has 0 radical (unpaired) electrons. The van der Waals surface area contributed by atoms with Crippen molar-refractivity contribution in [3.8, 4) is 0 Å². The van der Waals surface area contributed by atoms with Crippen molar-refractivity contribution < 1.29 is 13.2 Å². The van der Waals surface area contributed by atoms with Crippen LogP contribution in [0.2, 0.25) is 0 Å². The molecule has 0 saturated heterocycles. The van der Waals surface area contributed by atoms with Crippen LogP contribution in [0.1, 0.15) is 45.4 Å². The molecule has 1 saturated carbocycles. The second-order valence-corrected chi connectivity index (χ2v) is 6.95. The Kier molecular flexibility index (Phi) is 4.60. The average molecular weight is 308 g/mol. The van der Waals surface area contributed by atoms with E-state index in [4.69, 9.17) is 0 Å². The quantitative estimate of drug-likeness (QED) is 0.575. The van der Waals surface area contributed by atoms with Crippen LogP contribution in [0.4, 0.5) is 13.2 Å². The van der Waals surface area contributed by atoms with E-state index in [9.17, 15) is 13.2 Å². The van der Waals surface area contributed by atoms with E-state index in [0.717, 1.165) is 12.3 Å².